The molecule has 0 aliphatic rings. The average Bonchev–Trinajstić information content (AvgIpc) is 2.25. The molecule has 0 heterocycles. The van der Waals surface area contributed by atoms with E-state index in [0.717, 1.165) is 0 Å². The first-order chi connectivity index (χ1) is 8.21. The van der Waals surface area contributed by atoms with Crippen molar-refractivity contribution < 1.29 is 17.9 Å². The molecule has 0 fully saturated rings. The lowest BCUT2D eigenvalue weighted by Crippen LogP contribution is -2.27. The number of hydrogen-bond donors (Lipinski definition) is 0. The van der Waals surface area contributed by atoms with Gasteiger partial charge in [0.25, 0.3) is 15.0 Å². The van der Waals surface area contributed by atoms with Crippen molar-refractivity contribution in [1.29, 1.82) is 0 Å². The van der Waals surface area contributed by atoms with E-state index < -0.39 is 9.05 Å². The summed E-state index contributed by atoms with van der Waals surface area (Å²) >= 11 is 3.14. The van der Waals surface area contributed by atoms with Gasteiger partial charge >= 0.3 is 0 Å². The predicted molar refractivity (Wildman–Crippen MR) is 71.4 cm³/mol. The largest absolute Gasteiger partial charge is 0.482 e. The van der Waals surface area contributed by atoms with E-state index in [9.17, 15) is 13.2 Å². The number of benzene rings is 1. The van der Waals surface area contributed by atoms with Crippen LogP contribution in [-0.4, -0.2) is 39.9 Å². The molecule has 0 bridgehead atoms. The van der Waals surface area contributed by atoms with Gasteiger partial charge in [-0.25, -0.2) is 8.42 Å². The predicted octanol–water partition coefficient (Wildman–Crippen LogP) is 1.84. The maximum absolute atomic E-state index is 11.4. The van der Waals surface area contributed by atoms with Gasteiger partial charge in [-0.3, -0.25) is 4.79 Å². The van der Waals surface area contributed by atoms with E-state index in [1.807, 2.05) is 0 Å². The lowest BCUT2D eigenvalue weighted by atomic mass is 10.3. The van der Waals surface area contributed by atoms with Crippen molar-refractivity contribution >= 4 is 41.6 Å². The van der Waals surface area contributed by atoms with Gasteiger partial charge in [-0.15, -0.1) is 0 Å². The summed E-state index contributed by atoms with van der Waals surface area (Å²) in [6.07, 6.45) is 0. The lowest BCUT2D eigenvalue weighted by molar-refractivity contribution is -0.130. The normalized spacial score (nSPS) is 11.1. The SMILES string of the molecule is CN(C)C(=O)COc1ccc(Br)cc1S(=O)(=O)Cl. The zero-order valence-corrected chi connectivity index (χ0v) is 12.8. The number of nitrogens with zero attached hydrogens (tertiary/aromatic N) is 1. The highest BCUT2D eigenvalue weighted by Crippen LogP contribution is 2.29. The molecule has 1 amide bonds. The van der Waals surface area contributed by atoms with Crippen LogP contribution in [0.25, 0.3) is 0 Å². The molecule has 100 valence electrons. The highest BCUT2D eigenvalue weighted by molar-refractivity contribution is 9.10. The molecule has 0 saturated carbocycles. The third-order valence-corrected chi connectivity index (χ3v) is 3.85. The molecule has 0 unspecified atom stereocenters. The molecule has 0 aromatic heterocycles. The molecule has 0 radical (unpaired) electrons. The molecule has 0 aliphatic carbocycles. The second kappa shape index (κ2) is 5.90. The number of halogens is 2. The molecule has 0 N–H and O–H groups in total. The van der Waals surface area contributed by atoms with Gasteiger partial charge in [0, 0.05) is 29.3 Å². The molecule has 18 heavy (non-hydrogen) atoms. The number of carbonyl (C=O) groups excluding carboxylic acids is 1. The number of hydrogen-bond acceptors (Lipinski definition) is 4. The number of rotatable bonds is 4. The van der Waals surface area contributed by atoms with E-state index in [0.29, 0.717) is 4.47 Å². The standard InChI is InChI=1S/C10H11BrClNO4S/c1-13(2)10(14)6-17-8-4-3-7(11)5-9(8)18(12,15)16/h3-5H,6H2,1-2H3. The molecule has 0 atom stereocenters. The number of ether oxygens (including phenoxy) is 1. The molecule has 8 heteroatoms. The minimum Gasteiger partial charge on any atom is -0.482 e. The molecule has 1 aromatic carbocycles. The van der Waals surface area contributed by atoms with E-state index in [4.69, 9.17) is 15.4 Å². The zero-order chi connectivity index (χ0) is 13.9. The third kappa shape index (κ3) is 4.15. The van der Waals surface area contributed by atoms with Crippen molar-refractivity contribution in [3.8, 4) is 5.75 Å². The Kier molecular flexibility index (Phi) is 5.01. The highest BCUT2D eigenvalue weighted by atomic mass is 79.9. The van der Waals surface area contributed by atoms with Gasteiger partial charge in [0.15, 0.2) is 6.61 Å². The summed E-state index contributed by atoms with van der Waals surface area (Å²) in [7, 11) is 4.51. The average molecular weight is 357 g/mol. The molecule has 1 aromatic rings. The van der Waals surface area contributed by atoms with Crippen LogP contribution in [0.5, 0.6) is 5.75 Å². The Hall–Kier alpha value is -0.790. The molecule has 0 saturated heterocycles. The first kappa shape index (κ1) is 15.3. The number of amides is 1. The molecule has 0 aliphatic heterocycles. The van der Waals surface area contributed by atoms with Gasteiger partial charge in [0.2, 0.25) is 0 Å². The summed E-state index contributed by atoms with van der Waals surface area (Å²) < 4.78 is 28.4. The van der Waals surface area contributed by atoms with E-state index in [2.05, 4.69) is 15.9 Å². The summed E-state index contributed by atoms with van der Waals surface area (Å²) in [6.45, 7) is -0.256. The summed E-state index contributed by atoms with van der Waals surface area (Å²) in [5, 5.41) is 0. The zero-order valence-electron chi connectivity index (χ0n) is 9.68. The second-order valence-corrected chi connectivity index (χ2v) is 7.06. The van der Waals surface area contributed by atoms with Gasteiger partial charge in [0.1, 0.15) is 10.6 Å². The van der Waals surface area contributed by atoms with E-state index in [-0.39, 0.29) is 23.2 Å². The Morgan fingerprint density at radius 2 is 2.06 bits per heavy atom. The van der Waals surface area contributed by atoms with Crippen LogP contribution in [0.3, 0.4) is 0 Å². The van der Waals surface area contributed by atoms with Crippen molar-refractivity contribution in [2.45, 2.75) is 4.90 Å². The Labute approximate surface area is 118 Å². The van der Waals surface area contributed by atoms with E-state index >= 15 is 0 Å². The van der Waals surface area contributed by atoms with Gasteiger partial charge < -0.3 is 9.64 Å². The van der Waals surface area contributed by atoms with Crippen LogP contribution >= 0.6 is 26.6 Å². The third-order valence-electron chi connectivity index (χ3n) is 2.02. The van der Waals surface area contributed by atoms with Crippen LogP contribution in [0.4, 0.5) is 0 Å². The van der Waals surface area contributed by atoms with Gasteiger partial charge in [-0.1, -0.05) is 15.9 Å². The summed E-state index contributed by atoms with van der Waals surface area (Å²) in [6, 6.07) is 4.35. The smallest absolute Gasteiger partial charge is 0.265 e. The van der Waals surface area contributed by atoms with E-state index in [1.54, 1.807) is 20.2 Å². The highest BCUT2D eigenvalue weighted by Gasteiger charge is 2.18. The molecule has 5 nitrogen and oxygen atoms in total. The quantitative estimate of drug-likeness (QED) is 0.772. The monoisotopic (exact) mass is 355 g/mol. The van der Waals surface area contributed by atoms with Crippen molar-refractivity contribution in [1.82, 2.24) is 4.90 Å². The summed E-state index contributed by atoms with van der Waals surface area (Å²) in [4.78, 5) is 12.5. The van der Waals surface area contributed by atoms with Crippen LogP contribution in [0.15, 0.2) is 27.6 Å². The topological polar surface area (TPSA) is 63.7 Å². The maximum atomic E-state index is 11.4. The van der Waals surface area contributed by atoms with Crippen LogP contribution in [0.2, 0.25) is 0 Å². The minimum atomic E-state index is -3.93. The first-order valence-corrected chi connectivity index (χ1v) is 7.89. The van der Waals surface area contributed by atoms with Gasteiger partial charge in [-0.05, 0) is 18.2 Å². The van der Waals surface area contributed by atoms with Crippen molar-refractivity contribution in [2.24, 2.45) is 0 Å². The fourth-order valence-electron chi connectivity index (χ4n) is 1.06. The fraction of sp³-hybridized carbons (Fsp3) is 0.300. The van der Waals surface area contributed by atoms with Crippen molar-refractivity contribution in [2.75, 3.05) is 20.7 Å². The summed E-state index contributed by atoms with van der Waals surface area (Å²) in [5.41, 5.74) is 0. The molecule has 1 rings (SSSR count). The first-order valence-electron chi connectivity index (χ1n) is 4.79. The van der Waals surface area contributed by atoms with E-state index in [1.165, 1.54) is 17.0 Å². The van der Waals surface area contributed by atoms with Gasteiger partial charge in [-0.2, -0.15) is 0 Å². The van der Waals surface area contributed by atoms with Crippen LogP contribution in [0, 0.1) is 0 Å². The Balaban J connectivity index is 3.00. The second-order valence-electron chi connectivity index (χ2n) is 3.61. The van der Waals surface area contributed by atoms with Crippen LogP contribution in [0.1, 0.15) is 0 Å². The number of likely N-dealkylation sites (N-methyl/N-ethyl adjacent to an activating group) is 1. The molecular weight excluding hydrogens is 346 g/mol. The van der Waals surface area contributed by atoms with Gasteiger partial charge in [0.05, 0.1) is 0 Å². The Bertz CT molecular complexity index is 559. The molecular formula is C10H11BrClNO4S. The fourth-order valence-corrected chi connectivity index (χ4v) is 2.57. The lowest BCUT2D eigenvalue weighted by Gasteiger charge is -2.13. The maximum Gasteiger partial charge on any atom is 0.265 e. The van der Waals surface area contributed by atoms with Crippen molar-refractivity contribution in [3.05, 3.63) is 22.7 Å². The molecule has 0 spiro atoms. The summed E-state index contributed by atoms with van der Waals surface area (Å²) in [5.74, 6) is -0.237. The number of carbonyl (C=O) groups is 1. The van der Waals surface area contributed by atoms with Crippen LogP contribution in [-0.2, 0) is 13.8 Å². The van der Waals surface area contributed by atoms with Crippen molar-refractivity contribution in [3.63, 3.8) is 0 Å². The minimum absolute atomic E-state index is 0.0448. The Morgan fingerprint density at radius 1 is 1.44 bits per heavy atom. The Morgan fingerprint density at radius 3 is 2.56 bits per heavy atom. The van der Waals surface area contributed by atoms with Crippen LogP contribution < -0.4 is 4.74 Å².